The van der Waals surface area contributed by atoms with Gasteiger partial charge in [0.05, 0.1) is 82.5 Å². The van der Waals surface area contributed by atoms with Crippen molar-refractivity contribution in [3.05, 3.63) is 168 Å². The summed E-state index contributed by atoms with van der Waals surface area (Å²) in [7, 11) is -0.584. The highest BCUT2D eigenvalue weighted by molar-refractivity contribution is 7.89. The van der Waals surface area contributed by atoms with Crippen molar-refractivity contribution in [2.24, 2.45) is 5.92 Å². The third kappa shape index (κ3) is 21.3. The molecule has 3 amide bonds. The molecule has 3 aliphatic heterocycles. The summed E-state index contributed by atoms with van der Waals surface area (Å²) in [5, 5.41) is 30.0. The van der Waals surface area contributed by atoms with Gasteiger partial charge in [-0.15, -0.1) is 10.6 Å². The summed E-state index contributed by atoms with van der Waals surface area (Å²) in [5.74, 6) is -1.14. The third-order valence-corrected chi connectivity index (χ3v) is 20.8. The number of nitrogens with zero attached hydrogens (tertiary/aromatic N) is 7. The molecule has 562 valence electrons. The normalized spacial score (nSPS) is 15.6. The van der Waals surface area contributed by atoms with Crippen LogP contribution in [0.25, 0.3) is 21.5 Å². The number of hydroxylamine groups is 1. The Morgan fingerprint density at radius 1 is 0.760 bits per heavy atom. The Morgan fingerprint density at radius 3 is 2.12 bits per heavy atom. The number of alkyl halides is 1. The molecule has 25 heteroatoms. The standard InChI is InChI=1S/C43H49N2O.C36H59FN10O10S/c1-7-18-33(46)21-10-9-17-30-45-37-29-27-32-20-14-16-23-35(32)41(37)43(4,5)39(45)25-12-8-11-24-38-42(2,3)40-34-22-15-13-19-31(34)26-28-36(40)44(38)6;1-5-6-9-32(39-33(48)26-46-23-28(40-44-46)8-7-14-37)35(49)38-15-17-55-19-21-57-22-20-56-18-16-45-24-29(41-43-45)25-47(34(27(2)3)36(50)42-51)58(52,53)31-12-10-30(54-4)11-13-31/h8,11-16,19-20,22-29H,7,9-10,17-18,21,30H2,1-6H3;10-13,23-24,27,32,34,40,44,51H,5-9,14-22,25-26H2,1-4H3,(H,38,49)(H,39,48)(H,42,50)/q+1;/t;32-,34+/m.0/s1. The Hall–Kier alpha value is -8.69. The van der Waals surface area contributed by atoms with Crippen LogP contribution in [0.1, 0.15) is 143 Å². The molecule has 1 aromatic heterocycles. The van der Waals surface area contributed by atoms with Crippen molar-refractivity contribution in [2.45, 2.75) is 167 Å². The van der Waals surface area contributed by atoms with Crippen LogP contribution in [0.2, 0.25) is 0 Å². The van der Waals surface area contributed by atoms with Crippen LogP contribution in [0.5, 0.6) is 5.75 Å². The Labute approximate surface area is 612 Å². The number of amides is 3. The van der Waals surface area contributed by atoms with Crippen molar-refractivity contribution in [3.63, 3.8) is 0 Å². The minimum absolute atomic E-state index is 0.0175. The van der Waals surface area contributed by atoms with Gasteiger partial charge in [0.2, 0.25) is 27.5 Å². The van der Waals surface area contributed by atoms with E-state index in [1.54, 1.807) is 36.7 Å². The number of nitrogens with one attached hydrogen (secondary N) is 5. The summed E-state index contributed by atoms with van der Waals surface area (Å²) in [4.78, 5) is 52.6. The van der Waals surface area contributed by atoms with Crippen molar-refractivity contribution >= 4 is 72.2 Å². The van der Waals surface area contributed by atoms with Crippen molar-refractivity contribution in [1.82, 2.24) is 51.4 Å². The van der Waals surface area contributed by atoms with Gasteiger partial charge < -0.3 is 39.9 Å². The van der Waals surface area contributed by atoms with E-state index in [9.17, 15) is 37.2 Å². The highest BCUT2D eigenvalue weighted by Crippen LogP contribution is 2.51. The first-order valence-electron chi connectivity index (χ1n) is 36.4. The van der Waals surface area contributed by atoms with E-state index in [-0.39, 0.29) is 66.1 Å². The quantitative estimate of drug-likeness (QED) is 0.00685. The number of hydrogen-bond donors (Lipinski definition) is 6. The monoisotopic (exact) mass is 1450 g/mol. The molecule has 4 heterocycles. The summed E-state index contributed by atoms with van der Waals surface area (Å²) in [5.41, 5.74) is 16.2. The maximum Gasteiger partial charge on any atom is 0.262 e. The molecule has 6 aromatic rings. The molecule has 0 bridgehead atoms. The zero-order valence-corrected chi connectivity index (χ0v) is 63.0. The molecule has 0 aliphatic carbocycles. The van der Waals surface area contributed by atoms with Crippen molar-refractivity contribution < 1.29 is 60.7 Å². The number of halogens is 1. The summed E-state index contributed by atoms with van der Waals surface area (Å²) in [6, 6.07) is 30.4. The number of ketones is 1. The number of anilines is 1. The number of carbonyl (C=O) groups is 4. The lowest BCUT2D eigenvalue weighted by Gasteiger charge is -2.31. The van der Waals surface area contributed by atoms with E-state index in [0.717, 1.165) is 55.1 Å². The van der Waals surface area contributed by atoms with Crippen molar-refractivity contribution in [3.8, 4) is 5.75 Å². The number of Topliss-reactive ketones (excluding diaryl/α,β-unsaturated/α-hetero) is 1. The van der Waals surface area contributed by atoms with Gasteiger partial charge in [0.25, 0.3) is 5.91 Å². The lowest BCUT2D eigenvalue weighted by molar-refractivity contribution is -0.401. The number of benzene rings is 5. The van der Waals surface area contributed by atoms with Crippen LogP contribution < -0.4 is 36.7 Å². The van der Waals surface area contributed by atoms with Gasteiger partial charge in [-0.3, -0.25) is 33.8 Å². The summed E-state index contributed by atoms with van der Waals surface area (Å²) in [6.07, 6.45) is 23.0. The van der Waals surface area contributed by atoms with E-state index in [0.29, 0.717) is 76.6 Å². The highest BCUT2D eigenvalue weighted by Gasteiger charge is 2.45. The molecule has 9 rings (SSSR count). The second-order valence-electron chi connectivity index (χ2n) is 27.7. The van der Waals surface area contributed by atoms with Crippen LogP contribution in [-0.4, -0.2) is 164 Å². The van der Waals surface area contributed by atoms with Gasteiger partial charge in [-0.1, -0.05) is 139 Å². The number of ether oxygens (including phenoxy) is 4. The number of hydrazine groups is 2. The molecule has 0 saturated carbocycles. The second kappa shape index (κ2) is 39.4. The van der Waals surface area contributed by atoms with Gasteiger partial charge in [-0.25, -0.2) is 18.6 Å². The predicted molar refractivity (Wildman–Crippen MR) is 404 cm³/mol. The lowest BCUT2D eigenvalue weighted by atomic mass is 9.79. The molecule has 104 heavy (non-hydrogen) atoms. The Kier molecular flexibility index (Phi) is 30.7. The molecule has 6 N–H and O–H groups in total. The lowest BCUT2D eigenvalue weighted by Crippen LogP contribution is -2.51. The van der Waals surface area contributed by atoms with Crippen LogP contribution in [0, 0.1) is 5.92 Å². The minimum atomic E-state index is -4.23. The molecule has 0 spiro atoms. The number of hydrogen-bond acceptors (Lipinski definition) is 17. The molecule has 5 aromatic carbocycles. The first-order chi connectivity index (χ1) is 50.1. The molecule has 3 aliphatic rings. The minimum Gasteiger partial charge on any atom is -0.497 e. The number of fused-ring (bicyclic) bond motifs is 6. The van der Waals surface area contributed by atoms with Gasteiger partial charge >= 0.3 is 0 Å². The number of methoxy groups -OCH3 is 1. The first kappa shape index (κ1) is 81.0. The van der Waals surface area contributed by atoms with E-state index in [1.165, 1.54) is 91.5 Å². The number of aromatic nitrogens is 3. The van der Waals surface area contributed by atoms with E-state index in [2.05, 4.69) is 186 Å². The third-order valence-electron chi connectivity index (χ3n) is 19.0. The van der Waals surface area contributed by atoms with E-state index in [4.69, 9.17) is 18.9 Å². The molecule has 0 radical (unpaired) electrons. The first-order valence-corrected chi connectivity index (χ1v) is 37.9. The van der Waals surface area contributed by atoms with E-state index in [1.807, 2.05) is 6.92 Å². The number of allylic oxidation sites excluding steroid dienone is 7. The summed E-state index contributed by atoms with van der Waals surface area (Å²) < 4.78 is 66.6. The molecule has 0 fully saturated rings. The smallest absolute Gasteiger partial charge is 0.262 e. The van der Waals surface area contributed by atoms with Gasteiger partial charge in [-0.05, 0) is 128 Å². The van der Waals surface area contributed by atoms with Crippen LogP contribution in [0.15, 0.2) is 156 Å². The zero-order valence-electron chi connectivity index (χ0n) is 62.2. The number of carbonyl (C=O) groups excluding carboxylic acids is 4. The largest absolute Gasteiger partial charge is 0.497 e. The van der Waals surface area contributed by atoms with Gasteiger partial charge in [0.1, 0.15) is 37.2 Å². The maximum absolute atomic E-state index is 13.8. The average molecular weight is 1450 g/mol. The Morgan fingerprint density at radius 2 is 1.44 bits per heavy atom. The fourth-order valence-electron chi connectivity index (χ4n) is 13.7. The zero-order chi connectivity index (χ0) is 74.8. The predicted octanol–water partition coefficient (Wildman–Crippen LogP) is 11.5. The molecule has 2 atom stereocenters. The Balaban J connectivity index is 0.000000269. The topological polar surface area (TPSA) is 263 Å². The number of unbranched alkanes of at least 4 members (excludes halogenated alkanes) is 3. The maximum atomic E-state index is 13.8. The molecule has 0 unspecified atom stereocenters. The SMILES string of the molecule is CCCC(=O)CCCCCN1C(=CC=CC=CC2=[N+](C)c3ccc4ccccc4c3C2(C)C)C(C)(C)c2c1ccc1ccccc21.CCCC[C@H](NC(=O)CN1C=C(CCCF)NN1)C(=O)NCCOCCOCCOCCn1cc(CN([C@@H](C(=O)NO)C(C)C)S(=O)(=O)c2ccc(OC)cc2)nn1. The number of rotatable bonds is 41. The van der Waals surface area contributed by atoms with Crippen molar-refractivity contribution in [2.75, 3.05) is 85.0 Å². The van der Waals surface area contributed by atoms with E-state index >= 15 is 0 Å². The summed E-state index contributed by atoms with van der Waals surface area (Å²) >= 11 is 0. The number of sulfonamides is 1. The fourth-order valence-corrected chi connectivity index (χ4v) is 15.4. The van der Waals surface area contributed by atoms with Gasteiger partial charge in [0.15, 0.2) is 5.71 Å². The van der Waals surface area contributed by atoms with Crippen LogP contribution in [0.3, 0.4) is 0 Å². The van der Waals surface area contributed by atoms with Crippen molar-refractivity contribution in [1.29, 1.82) is 0 Å². The highest BCUT2D eigenvalue weighted by atomic mass is 32.2. The molecule has 23 nitrogen and oxygen atoms in total. The Bertz CT molecular complexity index is 4130. The second-order valence-corrected chi connectivity index (χ2v) is 29.6. The summed E-state index contributed by atoms with van der Waals surface area (Å²) in [6.45, 7) is 19.4. The van der Waals surface area contributed by atoms with E-state index < -0.39 is 40.6 Å². The van der Waals surface area contributed by atoms with Crippen LogP contribution >= 0.6 is 0 Å². The van der Waals surface area contributed by atoms with Gasteiger partial charge in [-0.2, -0.15) is 8.88 Å². The fraction of sp³-hybridized carbons (Fsp3) is 0.481. The van der Waals surface area contributed by atoms with Crippen LogP contribution in [0.4, 0.5) is 15.8 Å². The van der Waals surface area contributed by atoms with Crippen LogP contribution in [-0.2, 0) is 67.3 Å². The van der Waals surface area contributed by atoms with Gasteiger partial charge in [0, 0.05) is 78.5 Å². The average Bonchev–Trinajstić information content (AvgIpc) is 1.58. The molecule has 0 saturated heterocycles. The molecular weight excluding hydrogens is 1340 g/mol. The molecular formula is C79H108FN12O11S+.